The van der Waals surface area contributed by atoms with Crippen molar-refractivity contribution < 1.29 is 9.84 Å². The molecular weight excluding hydrogens is 224 g/mol. The lowest BCUT2D eigenvalue weighted by atomic mass is 9.87. The van der Waals surface area contributed by atoms with Crippen LogP contribution in [0.15, 0.2) is 24.3 Å². The highest BCUT2D eigenvalue weighted by Gasteiger charge is 2.45. The first kappa shape index (κ1) is 13.6. The number of benzene rings is 1. The quantitative estimate of drug-likeness (QED) is 0.838. The van der Waals surface area contributed by atoms with Gasteiger partial charge >= 0.3 is 0 Å². The molecule has 1 aromatic rings. The lowest BCUT2D eigenvalue weighted by Crippen LogP contribution is -2.33. The second-order valence-corrected chi connectivity index (χ2v) is 5.93. The minimum absolute atomic E-state index is 0.367. The molecule has 0 amide bonds. The van der Waals surface area contributed by atoms with E-state index in [4.69, 9.17) is 4.74 Å². The van der Waals surface area contributed by atoms with Gasteiger partial charge in [0, 0.05) is 7.11 Å². The van der Waals surface area contributed by atoms with Crippen LogP contribution >= 0.6 is 0 Å². The van der Waals surface area contributed by atoms with Gasteiger partial charge in [-0.15, -0.1) is 0 Å². The smallest absolute Gasteiger partial charge is 0.116 e. The number of hydrogen-bond acceptors (Lipinski definition) is 2. The van der Waals surface area contributed by atoms with Crippen LogP contribution in [0.5, 0.6) is 0 Å². The molecule has 0 radical (unpaired) electrons. The Kier molecular flexibility index (Phi) is 4.08. The van der Waals surface area contributed by atoms with Crippen molar-refractivity contribution in [3.8, 4) is 0 Å². The van der Waals surface area contributed by atoms with Gasteiger partial charge in [-0.3, -0.25) is 0 Å². The Morgan fingerprint density at radius 2 is 2.11 bits per heavy atom. The van der Waals surface area contributed by atoms with E-state index in [1.807, 2.05) is 6.07 Å². The monoisotopic (exact) mass is 248 g/mol. The lowest BCUT2D eigenvalue weighted by Gasteiger charge is -2.28. The molecule has 0 spiro atoms. The molecule has 1 atom stereocenters. The van der Waals surface area contributed by atoms with E-state index in [1.54, 1.807) is 7.11 Å². The number of hydrogen-bond donors (Lipinski definition) is 1. The average molecular weight is 248 g/mol. The fraction of sp³-hybridized carbons (Fsp3) is 0.625. The highest BCUT2D eigenvalue weighted by atomic mass is 16.5. The van der Waals surface area contributed by atoms with E-state index in [0.717, 1.165) is 24.8 Å². The molecule has 1 unspecified atom stereocenters. The van der Waals surface area contributed by atoms with Crippen LogP contribution in [-0.4, -0.2) is 18.8 Å². The van der Waals surface area contributed by atoms with Gasteiger partial charge in [0.25, 0.3) is 0 Å². The molecule has 1 aliphatic rings. The minimum Gasteiger partial charge on any atom is -0.382 e. The molecule has 2 rings (SSSR count). The first-order valence-corrected chi connectivity index (χ1v) is 6.87. The summed E-state index contributed by atoms with van der Waals surface area (Å²) in [7, 11) is 1.66. The van der Waals surface area contributed by atoms with Crippen LogP contribution in [-0.2, 0) is 16.8 Å². The van der Waals surface area contributed by atoms with Crippen molar-refractivity contribution >= 4 is 0 Å². The zero-order chi connectivity index (χ0) is 13.2. The van der Waals surface area contributed by atoms with Crippen LogP contribution < -0.4 is 0 Å². The van der Waals surface area contributed by atoms with E-state index >= 15 is 0 Å². The molecule has 18 heavy (non-hydrogen) atoms. The Morgan fingerprint density at radius 1 is 1.39 bits per heavy atom. The van der Waals surface area contributed by atoms with E-state index in [1.165, 1.54) is 5.56 Å². The Morgan fingerprint density at radius 3 is 2.67 bits per heavy atom. The summed E-state index contributed by atoms with van der Waals surface area (Å²) in [5.41, 5.74) is 1.53. The lowest BCUT2D eigenvalue weighted by molar-refractivity contribution is -0.0533. The molecular formula is C16H24O2. The van der Waals surface area contributed by atoms with Gasteiger partial charge in [-0.05, 0) is 42.2 Å². The van der Waals surface area contributed by atoms with Crippen LogP contribution in [0.2, 0.25) is 0 Å². The summed E-state index contributed by atoms with van der Waals surface area (Å²) in [4.78, 5) is 0. The molecule has 0 bridgehead atoms. The maximum absolute atomic E-state index is 10.9. The highest BCUT2D eigenvalue weighted by Crippen LogP contribution is 2.46. The summed E-state index contributed by atoms with van der Waals surface area (Å²) in [5.74, 6) is 1.00. The molecule has 1 saturated carbocycles. The zero-order valence-electron chi connectivity index (χ0n) is 11.6. The SMILES string of the molecule is COCC(O)(c1cccc(CC(C)C)c1)C1CC1. The van der Waals surface area contributed by atoms with Gasteiger partial charge in [-0.25, -0.2) is 0 Å². The summed E-state index contributed by atoms with van der Waals surface area (Å²) in [6.45, 7) is 4.83. The molecule has 2 heteroatoms. The van der Waals surface area contributed by atoms with Gasteiger partial charge in [0.1, 0.15) is 5.60 Å². The van der Waals surface area contributed by atoms with Crippen molar-refractivity contribution in [3.05, 3.63) is 35.4 Å². The van der Waals surface area contributed by atoms with E-state index in [0.29, 0.717) is 18.4 Å². The van der Waals surface area contributed by atoms with Crippen molar-refractivity contribution in [2.45, 2.75) is 38.7 Å². The van der Waals surface area contributed by atoms with E-state index < -0.39 is 5.60 Å². The largest absolute Gasteiger partial charge is 0.382 e. The van der Waals surface area contributed by atoms with Crippen molar-refractivity contribution in [2.24, 2.45) is 11.8 Å². The predicted octanol–water partition coefficient (Wildman–Crippen LogP) is 3.13. The molecule has 1 N–H and O–H groups in total. The zero-order valence-corrected chi connectivity index (χ0v) is 11.6. The second kappa shape index (κ2) is 5.41. The summed E-state index contributed by atoms with van der Waals surface area (Å²) >= 11 is 0. The first-order chi connectivity index (χ1) is 8.56. The van der Waals surface area contributed by atoms with Gasteiger partial charge in [0.2, 0.25) is 0 Å². The molecule has 1 aliphatic carbocycles. The van der Waals surface area contributed by atoms with Gasteiger partial charge < -0.3 is 9.84 Å². The van der Waals surface area contributed by atoms with E-state index in [9.17, 15) is 5.11 Å². The third-order valence-corrected chi connectivity index (χ3v) is 3.69. The first-order valence-electron chi connectivity index (χ1n) is 6.87. The summed E-state index contributed by atoms with van der Waals surface area (Å²) in [5, 5.41) is 10.9. The molecule has 100 valence electrons. The van der Waals surface area contributed by atoms with Crippen molar-refractivity contribution in [3.63, 3.8) is 0 Å². The van der Waals surface area contributed by atoms with Crippen LogP contribution in [0.25, 0.3) is 0 Å². The van der Waals surface area contributed by atoms with E-state index in [2.05, 4.69) is 32.0 Å². The Hall–Kier alpha value is -0.860. The second-order valence-electron chi connectivity index (χ2n) is 5.93. The number of rotatable bonds is 6. The van der Waals surface area contributed by atoms with Crippen LogP contribution in [0, 0.1) is 11.8 Å². The summed E-state index contributed by atoms with van der Waals surface area (Å²) in [6.07, 6.45) is 3.27. The van der Waals surface area contributed by atoms with E-state index in [-0.39, 0.29) is 0 Å². The standard InChI is InChI=1S/C16H24O2/c1-12(2)9-13-5-4-6-15(10-13)16(17,11-18-3)14-7-8-14/h4-6,10,12,14,17H,7-9,11H2,1-3H3. The van der Waals surface area contributed by atoms with Gasteiger partial charge in [-0.1, -0.05) is 38.1 Å². The van der Waals surface area contributed by atoms with Crippen molar-refractivity contribution in [1.82, 2.24) is 0 Å². The summed E-state index contributed by atoms with van der Waals surface area (Å²) in [6, 6.07) is 8.37. The van der Waals surface area contributed by atoms with Crippen LogP contribution in [0.4, 0.5) is 0 Å². The average Bonchev–Trinajstić information content (AvgIpc) is 3.12. The Bertz CT molecular complexity index is 396. The normalized spacial score (nSPS) is 18.9. The van der Waals surface area contributed by atoms with Gasteiger partial charge in [0.15, 0.2) is 0 Å². The number of methoxy groups -OCH3 is 1. The fourth-order valence-electron chi connectivity index (χ4n) is 2.66. The molecule has 0 heterocycles. The van der Waals surface area contributed by atoms with Gasteiger partial charge in [-0.2, -0.15) is 0 Å². The maximum Gasteiger partial charge on any atom is 0.116 e. The molecule has 1 aromatic carbocycles. The van der Waals surface area contributed by atoms with Crippen molar-refractivity contribution in [1.29, 1.82) is 0 Å². The van der Waals surface area contributed by atoms with Crippen LogP contribution in [0.1, 0.15) is 37.8 Å². The van der Waals surface area contributed by atoms with Crippen LogP contribution in [0.3, 0.4) is 0 Å². The molecule has 0 aliphatic heterocycles. The molecule has 1 fully saturated rings. The number of ether oxygens (including phenoxy) is 1. The van der Waals surface area contributed by atoms with Gasteiger partial charge in [0.05, 0.1) is 6.61 Å². The molecule has 0 saturated heterocycles. The minimum atomic E-state index is -0.790. The highest BCUT2D eigenvalue weighted by molar-refractivity contribution is 5.30. The molecule has 2 nitrogen and oxygen atoms in total. The number of aliphatic hydroxyl groups is 1. The topological polar surface area (TPSA) is 29.5 Å². The Balaban J connectivity index is 2.24. The summed E-state index contributed by atoms with van der Waals surface area (Å²) < 4.78 is 5.23. The predicted molar refractivity (Wildman–Crippen MR) is 73.5 cm³/mol. The maximum atomic E-state index is 10.9. The molecule has 0 aromatic heterocycles. The Labute approximate surface area is 110 Å². The third-order valence-electron chi connectivity index (χ3n) is 3.69. The van der Waals surface area contributed by atoms with Crippen molar-refractivity contribution in [2.75, 3.05) is 13.7 Å². The fourth-order valence-corrected chi connectivity index (χ4v) is 2.66. The third kappa shape index (κ3) is 2.93.